The van der Waals surface area contributed by atoms with Gasteiger partial charge in [0.1, 0.15) is 0 Å². The molecular weight excluding hydrogens is 264 g/mol. The van der Waals surface area contributed by atoms with Gasteiger partial charge in [-0.15, -0.1) is 0 Å². The van der Waals surface area contributed by atoms with E-state index in [9.17, 15) is 0 Å². The number of nitrogen functional groups attached to an aromatic ring is 1. The van der Waals surface area contributed by atoms with E-state index in [1.54, 1.807) is 0 Å². The number of halogens is 1. The average molecular weight is 281 g/mol. The number of anilines is 2. The first-order chi connectivity index (χ1) is 7.74. The van der Waals surface area contributed by atoms with Crippen molar-refractivity contribution in [2.45, 2.75) is 31.7 Å². The van der Waals surface area contributed by atoms with Gasteiger partial charge in [0.05, 0.1) is 5.69 Å². The van der Waals surface area contributed by atoms with Crippen molar-refractivity contribution in [1.82, 2.24) is 0 Å². The zero-order valence-corrected chi connectivity index (χ0v) is 10.9. The van der Waals surface area contributed by atoms with Crippen LogP contribution in [-0.2, 0) is 0 Å². The van der Waals surface area contributed by atoms with Crippen molar-refractivity contribution >= 4 is 27.3 Å². The molecule has 0 bridgehead atoms. The fraction of sp³-hybridized carbons (Fsp3) is 0.538. The third-order valence-electron chi connectivity index (χ3n) is 3.42. The van der Waals surface area contributed by atoms with E-state index >= 15 is 0 Å². The molecule has 0 spiro atoms. The Bertz CT molecular complexity index is 397. The number of rotatable bonds is 4. The van der Waals surface area contributed by atoms with Crippen molar-refractivity contribution in [3.05, 3.63) is 22.7 Å². The Labute approximate surface area is 105 Å². The first-order valence-electron chi connectivity index (χ1n) is 6.05. The van der Waals surface area contributed by atoms with Crippen LogP contribution in [0.4, 0.5) is 11.4 Å². The monoisotopic (exact) mass is 280 g/mol. The summed E-state index contributed by atoms with van der Waals surface area (Å²) in [5.41, 5.74) is 7.94. The Morgan fingerprint density at radius 1 is 1.25 bits per heavy atom. The van der Waals surface area contributed by atoms with Crippen LogP contribution in [-0.4, -0.2) is 12.6 Å². The maximum atomic E-state index is 5.78. The molecule has 3 rings (SSSR count). The normalized spacial score (nSPS) is 19.8. The van der Waals surface area contributed by atoms with Gasteiger partial charge in [0.25, 0.3) is 0 Å². The highest BCUT2D eigenvalue weighted by atomic mass is 79.9. The van der Waals surface area contributed by atoms with E-state index in [-0.39, 0.29) is 0 Å². The second-order valence-corrected chi connectivity index (χ2v) is 5.89. The van der Waals surface area contributed by atoms with E-state index in [2.05, 4.69) is 26.9 Å². The lowest BCUT2D eigenvalue weighted by Crippen LogP contribution is -2.28. The molecule has 0 saturated heterocycles. The standard InChI is InChI=1S/C13H17BrN2/c14-12-7-10(15)3-6-13(12)16(11-4-5-11)8-9-1-2-9/h3,6-7,9,11H,1-2,4-5,8,15H2. The molecule has 16 heavy (non-hydrogen) atoms. The molecule has 0 heterocycles. The largest absolute Gasteiger partial charge is 0.399 e. The minimum Gasteiger partial charge on any atom is -0.399 e. The minimum absolute atomic E-state index is 0.778. The molecule has 0 unspecified atom stereocenters. The highest BCUT2D eigenvalue weighted by Crippen LogP contribution is 2.40. The average Bonchev–Trinajstić information content (AvgIpc) is 3.11. The number of benzene rings is 1. The van der Waals surface area contributed by atoms with Crippen LogP contribution in [0.2, 0.25) is 0 Å². The molecule has 3 heteroatoms. The molecule has 0 amide bonds. The summed E-state index contributed by atoms with van der Waals surface area (Å²) in [4.78, 5) is 2.57. The summed E-state index contributed by atoms with van der Waals surface area (Å²) >= 11 is 3.63. The Kier molecular flexibility index (Phi) is 2.58. The maximum absolute atomic E-state index is 5.78. The lowest BCUT2D eigenvalue weighted by molar-refractivity contribution is 0.717. The molecule has 2 fully saturated rings. The summed E-state index contributed by atoms with van der Waals surface area (Å²) in [6.07, 6.45) is 5.53. The Morgan fingerprint density at radius 2 is 2.00 bits per heavy atom. The van der Waals surface area contributed by atoms with Gasteiger partial charge in [-0.2, -0.15) is 0 Å². The van der Waals surface area contributed by atoms with E-state index < -0.39 is 0 Å². The predicted octanol–water partition coefficient (Wildman–Crippen LogP) is 3.41. The van der Waals surface area contributed by atoms with Gasteiger partial charge in [0.2, 0.25) is 0 Å². The van der Waals surface area contributed by atoms with E-state index in [0.29, 0.717) is 0 Å². The van der Waals surface area contributed by atoms with Crippen LogP contribution in [0, 0.1) is 5.92 Å². The van der Waals surface area contributed by atoms with Crippen molar-refractivity contribution in [3.63, 3.8) is 0 Å². The highest BCUT2D eigenvalue weighted by molar-refractivity contribution is 9.10. The number of hydrogen-bond donors (Lipinski definition) is 1. The lowest BCUT2D eigenvalue weighted by Gasteiger charge is -2.26. The highest BCUT2D eigenvalue weighted by Gasteiger charge is 2.34. The molecule has 1 aromatic carbocycles. The van der Waals surface area contributed by atoms with Gasteiger partial charge < -0.3 is 10.6 Å². The topological polar surface area (TPSA) is 29.3 Å². The zero-order valence-electron chi connectivity index (χ0n) is 9.32. The van der Waals surface area contributed by atoms with Gasteiger partial charge in [-0.05, 0) is 65.7 Å². The number of nitrogens with two attached hydrogens (primary N) is 1. The molecule has 0 radical (unpaired) electrons. The van der Waals surface area contributed by atoms with Gasteiger partial charge in [-0.3, -0.25) is 0 Å². The molecule has 0 aromatic heterocycles. The van der Waals surface area contributed by atoms with Crippen molar-refractivity contribution in [2.24, 2.45) is 5.92 Å². The van der Waals surface area contributed by atoms with Crippen molar-refractivity contribution in [3.8, 4) is 0 Å². The van der Waals surface area contributed by atoms with E-state index in [1.165, 1.54) is 37.9 Å². The molecule has 2 aliphatic carbocycles. The summed E-state index contributed by atoms with van der Waals surface area (Å²) in [6.45, 7) is 1.23. The second kappa shape index (κ2) is 3.95. The molecule has 0 aliphatic heterocycles. The second-order valence-electron chi connectivity index (χ2n) is 5.04. The van der Waals surface area contributed by atoms with Crippen LogP contribution in [0.15, 0.2) is 22.7 Å². The first-order valence-corrected chi connectivity index (χ1v) is 6.85. The smallest absolute Gasteiger partial charge is 0.0514 e. The van der Waals surface area contributed by atoms with Gasteiger partial charge in [0.15, 0.2) is 0 Å². The van der Waals surface area contributed by atoms with Gasteiger partial charge >= 0.3 is 0 Å². The molecule has 86 valence electrons. The van der Waals surface area contributed by atoms with E-state index in [1.807, 2.05) is 12.1 Å². The third kappa shape index (κ3) is 2.19. The molecular formula is C13H17BrN2. The van der Waals surface area contributed by atoms with Crippen LogP contribution in [0.3, 0.4) is 0 Å². The van der Waals surface area contributed by atoms with Gasteiger partial charge in [-0.25, -0.2) is 0 Å². The summed E-state index contributed by atoms with van der Waals surface area (Å²) < 4.78 is 1.14. The molecule has 1 aromatic rings. The number of nitrogens with zero attached hydrogens (tertiary/aromatic N) is 1. The van der Waals surface area contributed by atoms with E-state index in [4.69, 9.17) is 5.73 Å². The Morgan fingerprint density at radius 3 is 2.56 bits per heavy atom. The van der Waals surface area contributed by atoms with Crippen LogP contribution < -0.4 is 10.6 Å². The first kappa shape index (κ1) is 10.5. The Balaban J connectivity index is 1.85. The molecule has 0 atom stereocenters. The lowest BCUT2D eigenvalue weighted by atomic mass is 10.2. The molecule has 2 nitrogen and oxygen atoms in total. The summed E-state index contributed by atoms with van der Waals surface area (Å²) in [5.74, 6) is 0.935. The van der Waals surface area contributed by atoms with Crippen molar-refractivity contribution < 1.29 is 0 Å². The van der Waals surface area contributed by atoms with E-state index in [0.717, 1.165) is 22.1 Å². The fourth-order valence-electron chi connectivity index (χ4n) is 2.16. The predicted molar refractivity (Wildman–Crippen MR) is 71.6 cm³/mol. The third-order valence-corrected chi connectivity index (χ3v) is 4.06. The molecule has 2 aliphatic rings. The van der Waals surface area contributed by atoms with Crippen LogP contribution in [0.5, 0.6) is 0 Å². The number of hydrogen-bond acceptors (Lipinski definition) is 2. The minimum atomic E-state index is 0.778. The summed E-state index contributed by atoms with van der Waals surface area (Å²) in [5, 5.41) is 0. The van der Waals surface area contributed by atoms with Gasteiger partial charge in [0, 0.05) is 22.7 Å². The van der Waals surface area contributed by atoms with Crippen molar-refractivity contribution in [2.75, 3.05) is 17.2 Å². The quantitative estimate of drug-likeness (QED) is 0.857. The SMILES string of the molecule is Nc1ccc(N(CC2CC2)C2CC2)c(Br)c1. The van der Waals surface area contributed by atoms with Crippen LogP contribution in [0.1, 0.15) is 25.7 Å². The van der Waals surface area contributed by atoms with Crippen LogP contribution in [0.25, 0.3) is 0 Å². The maximum Gasteiger partial charge on any atom is 0.0514 e. The molecule has 2 N–H and O–H groups in total. The van der Waals surface area contributed by atoms with Crippen molar-refractivity contribution in [1.29, 1.82) is 0 Å². The van der Waals surface area contributed by atoms with Gasteiger partial charge in [-0.1, -0.05) is 0 Å². The fourth-order valence-corrected chi connectivity index (χ4v) is 2.79. The zero-order chi connectivity index (χ0) is 11.1. The van der Waals surface area contributed by atoms with Crippen LogP contribution >= 0.6 is 15.9 Å². The molecule has 2 saturated carbocycles. The summed E-state index contributed by atoms with van der Waals surface area (Å²) in [7, 11) is 0. The Hall–Kier alpha value is -0.700. The summed E-state index contributed by atoms with van der Waals surface area (Å²) in [6, 6.07) is 6.95.